The van der Waals surface area contributed by atoms with Crippen LogP contribution in [0.4, 0.5) is 9.59 Å². The maximum atomic E-state index is 14.6. The Bertz CT molecular complexity index is 4280. The largest absolute Gasteiger partial charge is 0.481 e. The number of ether oxygens (including phenoxy) is 5. The van der Waals surface area contributed by atoms with Gasteiger partial charge >= 0.3 is 18.1 Å². The molecule has 0 radical (unpaired) electrons. The summed E-state index contributed by atoms with van der Waals surface area (Å²) in [4.78, 5) is 172. The highest BCUT2D eigenvalue weighted by Gasteiger charge is 2.45. The summed E-state index contributed by atoms with van der Waals surface area (Å²) in [5.41, 5.74) is 13.4. The van der Waals surface area contributed by atoms with Crippen molar-refractivity contribution in [3.63, 3.8) is 0 Å². The number of carbonyl (C=O) groups is 12. The number of rotatable bonds is 53. The predicted molar refractivity (Wildman–Crippen MR) is 487 cm³/mol. The fourth-order valence-corrected chi connectivity index (χ4v) is 17.4. The number of aliphatic carboxylic acids is 1. The normalized spacial score (nSPS) is 16.0. The summed E-state index contributed by atoms with van der Waals surface area (Å²) in [6.07, 6.45) is 4.53. The molecule has 2 fully saturated rings. The van der Waals surface area contributed by atoms with Crippen LogP contribution in [0.2, 0.25) is 0 Å². The van der Waals surface area contributed by atoms with Crippen molar-refractivity contribution in [3.8, 4) is 0 Å². The summed E-state index contributed by atoms with van der Waals surface area (Å²) in [5.74, 6) is -5.32. The number of thiazole rings is 1. The number of ketones is 2. The van der Waals surface area contributed by atoms with Crippen LogP contribution in [0.25, 0.3) is 10.9 Å². The Hall–Kier alpha value is -9.77. The van der Waals surface area contributed by atoms with E-state index in [-0.39, 0.29) is 168 Å². The van der Waals surface area contributed by atoms with E-state index in [1.165, 1.54) is 23.3 Å². The number of likely N-dealkylation sites (tertiary alicyclic amines) is 2. The van der Waals surface area contributed by atoms with Gasteiger partial charge in [0.2, 0.25) is 41.4 Å². The molecule has 2 aliphatic heterocycles. The third kappa shape index (κ3) is 33.4. The minimum atomic E-state index is -0.952. The number of urea groups is 1. The minimum Gasteiger partial charge on any atom is -0.481 e. The summed E-state index contributed by atoms with van der Waals surface area (Å²) in [5, 5.41) is 26.1. The number of primary amides is 1. The van der Waals surface area contributed by atoms with Gasteiger partial charge in [0.05, 0.1) is 88.1 Å². The lowest BCUT2D eigenvalue weighted by atomic mass is 9.88. The van der Waals surface area contributed by atoms with Crippen molar-refractivity contribution in [2.75, 3.05) is 102 Å². The fourth-order valence-electron chi connectivity index (χ4n) is 16.7. The number of methoxy groups -OCH3 is 2. The molecule has 0 unspecified atom stereocenters. The zero-order valence-corrected chi connectivity index (χ0v) is 78.8. The number of hydrogen-bond donors (Lipinski definition) is 7. The van der Waals surface area contributed by atoms with E-state index >= 15 is 0 Å². The van der Waals surface area contributed by atoms with Crippen LogP contribution in [-0.2, 0) is 97.7 Å². The van der Waals surface area contributed by atoms with Crippen molar-refractivity contribution in [2.24, 2.45) is 41.2 Å². The first kappa shape index (κ1) is 106. The van der Waals surface area contributed by atoms with Crippen LogP contribution in [0, 0.1) is 42.4 Å². The van der Waals surface area contributed by atoms with Gasteiger partial charge in [-0.15, -0.1) is 11.3 Å². The molecular formula is C94H144N14O18S. The first-order valence-electron chi connectivity index (χ1n) is 45.0. The smallest absolute Gasteiger partial charge is 0.410 e. The van der Waals surface area contributed by atoms with E-state index in [0.29, 0.717) is 84.1 Å². The molecule has 127 heavy (non-hydrogen) atoms. The monoisotopic (exact) mass is 1790 g/mol. The van der Waals surface area contributed by atoms with Gasteiger partial charge in [0.15, 0.2) is 5.78 Å². The highest BCUT2D eigenvalue weighted by molar-refractivity contribution is 7.09. The molecule has 32 nitrogen and oxygen atoms in total. The average molecular weight is 1790 g/mol. The molecule has 10 amide bonds. The Morgan fingerprint density at radius 2 is 1.38 bits per heavy atom. The number of amides is 10. The quantitative estimate of drug-likeness (QED) is 0.0140. The number of aryl methyl sites for hydroxylation is 2. The topological polar surface area (TPSA) is 395 Å². The van der Waals surface area contributed by atoms with E-state index in [1.54, 1.807) is 44.2 Å². The van der Waals surface area contributed by atoms with Crippen molar-refractivity contribution in [1.29, 1.82) is 0 Å². The number of para-hydroxylation sites is 1. The zero-order chi connectivity index (χ0) is 93.6. The van der Waals surface area contributed by atoms with Gasteiger partial charge in [-0.3, -0.25) is 58.3 Å². The van der Waals surface area contributed by atoms with Crippen molar-refractivity contribution in [2.45, 2.75) is 247 Å². The first-order valence-corrected chi connectivity index (χ1v) is 45.8. The molecule has 0 bridgehead atoms. The number of nitrogens with two attached hydrogens (primary N) is 1. The Morgan fingerprint density at radius 1 is 0.701 bits per heavy atom. The van der Waals surface area contributed by atoms with Crippen LogP contribution in [-0.4, -0.2) is 265 Å². The van der Waals surface area contributed by atoms with Gasteiger partial charge in [-0.05, 0) is 111 Å². The number of benzene rings is 3. The van der Waals surface area contributed by atoms with Gasteiger partial charge in [0, 0.05) is 141 Å². The van der Waals surface area contributed by atoms with Gasteiger partial charge in [-0.25, -0.2) is 19.6 Å². The molecule has 2 aromatic heterocycles. The molecule has 704 valence electrons. The summed E-state index contributed by atoms with van der Waals surface area (Å²) >= 11 is 1.49. The number of hydrogen-bond acceptors (Lipinski definition) is 21. The molecule has 0 saturated carbocycles. The maximum absolute atomic E-state index is 14.6. The van der Waals surface area contributed by atoms with Crippen LogP contribution < -0.4 is 32.4 Å². The van der Waals surface area contributed by atoms with Crippen LogP contribution in [0.5, 0.6) is 0 Å². The van der Waals surface area contributed by atoms with Gasteiger partial charge in [-0.2, -0.15) is 0 Å². The lowest BCUT2D eigenvalue weighted by Gasteiger charge is -2.41. The molecule has 0 aliphatic carbocycles. The van der Waals surface area contributed by atoms with Crippen molar-refractivity contribution < 1.29 is 86.3 Å². The summed E-state index contributed by atoms with van der Waals surface area (Å²) in [6, 6.07) is 23.2. The lowest BCUT2D eigenvalue weighted by molar-refractivity contribution is -0.148. The standard InChI is InChI=1S/C50H74N6O8S.C44H70N8O10/c1-13-34(7)44(54(9)49(60)42(31(2)3)53-47(59)43(32(4)5)55(10)50(61)64-30-37-23-21-33(6)22-24-37)40(62-11)29-41(57)56-26-17-20-39(56)45(63-12)35(8)46(58)52-38(48-51-25-27-65-48)28-36-18-15-14-16-19-36;1-6-39(54)37(11-9-19-47-44(45)60)48-43(59)36(31(2)3)29-35(53)13-14-41(56)52(23-25-62-27-26-61-24-18-42(57)58)33-15-20-50(21-16-33)40(55)17-22-51-34(30-49(5)46-4)28-32-10-7-8-12-38(32)51/h14-16,18-19,21-25,27,31-32,34-35,38-40,42-45H,13,17,20,26,28-30H2,1-12H3,(H,52,58)(H,53,59);7-8,10,12,28,31,33,36-37,46H,6,9,11,13-27,29-30H2,1-5H3,(H,48,59)(H,57,58)(H3,45,47,60)/t34-,35+,38-,39-,40+,42-,43-,44-,45+;36-,37-/m00/s1. The van der Waals surface area contributed by atoms with Crippen LogP contribution >= 0.6 is 11.3 Å². The number of nitrogens with one attached hydrogen (secondary N) is 5. The van der Waals surface area contributed by atoms with Crippen molar-refractivity contribution in [1.82, 2.24) is 65.8 Å². The highest BCUT2D eigenvalue weighted by atomic mass is 32.1. The summed E-state index contributed by atoms with van der Waals surface area (Å²) < 4.78 is 31.0. The van der Waals surface area contributed by atoms with E-state index in [1.807, 2.05) is 170 Å². The van der Waals surface area contributed by atoms with E-state index in [0.717, 1.165) is 44.7 Å². The van der Waals surface area contributed by atoms with E-state index < -0.39 is 78.1 Å². The molecule has 3 aromatic carbocycles. The number of fused-ring (bicyclic) bond motifs is 1. The second-order valence-corrected chi connectivity index (χ2v) is 35.4. The number of carboxylic acid groups (broad SMARTS) is 1. The molecule has 33 heteroatoms. The van der Waals surface area contributed by atoms with Crippen LogP contribution in [0.15, 0.2) is 96.5 Å². The number of Topliss-reactive ketones (excluding diaryl/α,β-unsaturated/α-hetero) is 2. The van der Waals surface area contributed by atoms with E-state index in [9.17, 15) is 57.5 Å². The summed E-state index contributed by atoms with van der Waals surface area (Å²) in [6.45, 7) is 24.5. The van der Waals surface area contributed by atoms with Gasteiger partial charge in [0.25, 0.3) is 0 Å². The predicted octanol–water partition coefficient (Wildman–Crippen LogP) is 10.1. The Kier molecular flexibility index (Phi) is 45.5. The number of carbonyl (C=O) groups excluding carboxylic acids is 11. The second-order valence-electron chi connectivity index (χ2n) is 34.4. The minimum absolute atomic E-state index is 0.0105. The third-order valence-electron chi connectivity index (χ3n) is 24.3. The number of hydrazine groups is 1. The second kappa shape index (κ2) is 54.5. The zero-order valence-electron chi connectivity index (χ0n) is 77.9. The summed E-state index contributed by atoms with van der Waals surface area (Å²) in [7, 11) is 10.2. The number of piperidine rings is 1. The highest BCUT2D eigenvalue weighted by Crippen LogP contribution is 2.33. The van der Waals surface area contributed by atoms with Crippen LogP contribution in [0.3, 0.4) is 0 Å². The fraction of sp³-hybridized carbons (Fsp3) is 0.628. The number of likely N-dealkylation sites (N-methyl/N-ethyl adjacent to an activating group) is 2. The van der Waals surface area contributed by atoms with Crippen molar-refractivity contribution >= 4 is 93.3 Å². The number of nitrogens with zero attached hydrogens (tertiary/aromatic N) is 8. The Labute approximate surface area is 754 Å². The van der Waals surface area contributed by atoms with Crippen LogP contribution in [0.1, 0.15) is 193 Å². The molecular weight excluding hydrogens is 1650 g/mol. The molecule has 2 aliphatic rings. The lowest BCUT2D eigenvalue weighted by Crippen LogP contribution is -2.60. The molecule has 5 aromatic rings. The van der Waals surface area contributed by atoms with Gasteiger partial charge < -0.3 is 80.0 Å². The van der Waals surface area contributed by atoms with Gasteiger partial charge in [0.1, 0.15) is 29.5 Å². The Balaban J connectivity index is 0.000000392. The van der Waals surface area contributed by atoms with Gasteiger partial charge in [-0.1, -0.05) is 154 Å². The molecule has 7 rings (SSSR count). The average Bonchev–Trinajstić information content (AvgIpc) is 1.69. The Morgan fingerprint density at radius 3 is 1.98 bits per heavy atom. The molecule has 8 N–H and O–H groups in total. The molecule has 0 spiro atoms. The number of carboxylic acids is 1. The SMILES string of the molecule is CCC(=O)[C@H](CCCNC(N)=O)NC(=O)[C@@H](CC(=O)CCC(=O)N(CCOCCOCCC(=O)O)C1CCN(C(=O)CCn2c(CN(C)NC)cc3ccccc32)CC1)C(C)C.CC[C@H](C)[C@@H]([C@@H](CC(=O)N1CCC[C@H]1[C@H](OC)[C@@H](C)C(=O)N[C@@H](Cc1ccccc1)c1nccs1)OC)N(C)C(=O)[C@@H](NC(=O)[C@H](C(C)C)N(C)C(=O)OCc1ccc(C)cc1)C(C)C. The third-order valence-corrected chi connectivity index (χ3v) is 25.2. The van der Waals surface area contributed by atoms with E-state index in [2.05, 4.69) is 54.4 Å². The molecule has 2 saturated heterocycles. The van der Waals surface area contributed by atoms with E-state index in [4.69, 9.17) is 34.5 Å². The maximum Gasteiger partial charge on any atom is 0.410 e. The number of aromatic nitrogens is 2. The van der Waals surface area contributed by atoms with Crippen molar-refractivity contribution in [3.05, 3.63) is 124 Å². The molecule has 11 atom stereocenters. The molecule has 4 heterocycles. The first-order chi connectivity index (χ1) is 60.6.